The number of benzene rings is 1. The van der Waals surface area contributed by atoms with Crippen molar-refractivity contribution in [2.24, 2.45) is 0 Å². The molecule has 1 N–H and O–H groups in total. The van der Waals surface area contributed by atoms with Crippen LogP contribution in [0.5, 0.6) is 0 Å². The van der Waals surface area contributed by atoms with Crippen LogP contribution in [0.2, 0.25) is 0 Å². The molecule has 2 rings (SSSR count). The van der Waals surface area contributed by atoms with E-state index in [2.05, 4.69) is 4.98 Å². The van der Waals surface area contributed by atoms with E-state index in [0.29, 0.717) is 12.0 Å². The smallest absolute Gasteiger partial charge is 0.129 e. The largest absolute Gasteiger partial charge is 0.388 e. The summed E-state index contributed by atoms with van der Waals surface area (Å²) in [5.74, 6) is -0.341. The Kier molecular flexibility index (Phi) is 3.78. The first-order valence-corrected chi connectivity index (χ1v) is 6.71. The number of aryl methyl sites for hydroxylation is 3. The fourth-order valence-corrected chi connectivity index (χ4v) is 2.78. The molecule has 0 bridgehead atoms. The first-order chi connectivity index (χ1) is 8.47. The average molecular weight is 265 g/mol. The SMILES string of the molecule is Cc1cc(C)c(C(O)Cc2csc(C)n2)c(F)c1. The van der Waals surface area contributed by atoms with Crippen LogP contribution in [0, 0.1) is 26.6 Å². The van der Waals surface area contributed by atoms with E-state index in [1.54, 1.807) is 0 Å². The molecule has 0 radical (unpaired) electrons. The van der Waals surface area contributed by atoms with Crippen molar-refractivity contribution in [3.8, 4) is 0 Å². The number of rotatable bonds is 3. The minimum atomic E-state index is -0.841. The molecular formula is C14H16FNOS. The minimum Gasteiger partial charge on any atom is -0.388 e. The molecule has 0 saturated carbocycles. The maximum Gasteiger partial charge on any atom is 0.129 e. The predicted molar refractivity (Wildman–Crippen MR) is 71.4 cm³/mol. The van der Waals surface area contributed by atoms with E-state index in [4.69, 9.17) is 0 Å². The average Bonchev–Trinajstić information content (AvgIpc) is 2.62. The van der Waals surface area contributed by atoms with Crippen LogP contribution in [-0.4, -0.2) is 10.1 Å². The molecule has 4 heteroatoms. The van der Waals surface area contributed by atoms with Gasteiger partial charge in [-0.1, -0.05) is 6.07 Å². The lowest BCUT2D eigenvalue weighted by Gasteiger charge is -2.14. The molecule has 1 aromatic carbocycles. The van der Waals surface area contributed by atoms with Crippen LogP contribution in [0.1, 0.15) is 33.5 Å². The second-order valence-corrected chi connectivity index (χ2v) is 5.62. The van der Waals surface area contributed by atoms with Gasteiger partial charge in [-0.25, -0.2) is 9.37 Å². The van der Waals surface area contributed by atoms with E-state index < -0.39 is 6.10 Å². The van der Waals surface area contributed by atoms with E-state index in [9.17, 15) is 9.50 Å². The Morgan fingerprint density at radius 3 is 2.61 bits per heavy atom. The van der Waals surface area contributed by atoms with Crippen LogP contribution in [0.3, 0.4) is 0 Å². The van der Waals surface area contributed by atoms with Gasteiger partial charge < -0.3 is 5.11 Å². The molecule has 18 heavy (non-hydrogen) atoms. The molecule has 1 atom stereocenters. The van der Waals surface area contributed by atoms with Crippen molar-refractivity contribution in [3.05, 3.63) is 50.7 Å². The van der Waals surface area contributed by atoms with Crippen molar-refractivity contribution >= 4 is 11.3 Å². The lowest BCUT2D eigenvalue weighted by Crippen LogP contribution is -2.07. The summed E-state index contributed by atoms with van der Waals surface area (Å²) in [5.41, 5.74) is 2.84. The fraction of sp³-hybridized carbons (Fsp3) is 0.357. The minimum absolute atomic E-state index is 0.341. The molecule has 0 fully saturated rings. The standard InChI is InChI=1S/C14H16FNOS/c1-8-4-9(2)14(12(15)5-8)13(17)6-11-7-18-10(3)16-11/h4-5,7,13,17H,6H2,1-3H3. The van der Waals surface area contributed by atoms with Crippen molar-refractivity contribution in [2.75, 3.05) is 0 Å². The van der Waals surface area contributed by atoms with Gasteiger partial charge in [-0.3, -0.25) is 0 Å². The van der Waals surface area contributed by atoms with Gasteiger partial charge in [0.2, 0.25) is 0 Å². The predicted octanol–water partition coefficient (Wildman–Crippen LogP) is 3.48. The quantitative estimate of drug-likeness (QED) is 0.921. The molecule has 2 nitrogen and oxygen atoms in total. The number of thiazole rings is 1. The van der Waals surface area contributed by atoms with Crippen LogP contribution in [0.15, 0.2) is 17.5 Å². The zero-order chi connectivity index (χ0) is 13.3. The molecule has 0 aliphatic rings. The first-order valence-electron chi connectivity index (χ1n) is 5.83. The number of halogens is 1. The third-order valence-corrected chi connectivity index (χ3v) is 3.71. The Balaban J connectivity index is 2.26. The van der Waals surface area contributed by atoms with E-state index in [-0.39, 0.29) is 5.82 Å². The van der Waals surface area contributed by atoms with E-state index in [0.717, 1.165) is 21.8 Å². The number of aliphatic hydroxyl groups is 1. The highest BCUT2D eigenvalue weighted by molar-refractivity contribution is 7.09. The van der Waals surface area contributed by atoms with Crippen molar-refractivity contribution in [2.45, 2.75) is 33.3 Å². The summed E-state index contributed by atoms with van der Waals surface area (Å²) in [7, 11) is 0. The van der Waals surface area contributed by atoms with Gasteiger partial charge in [-0.2, -0.15) is 0 Å². The molecule has 2 aromatic rings. The topological polar surface area (TPSA) is 33.1 Å². The van der Waals surface area contributed by atoms with Gasteiger partial charge in [0.15, 0.2) is 0 Å². The molecule has 1 aromatic heterocycles. The maximum atomic E-state index is 13.9. The zero-order valence-corrected chi connectivity index (χ0v) is 11.5. The van der Waals surface area contributed by atoms with Crippen LogP contribution in [0.25, 0.3) is 0 Å². The summed E-state index contributed by atoms with van der Waals surface area (Å²) in [6.07, 6.45) is -0.488. The van der Waals surface area contributed by atoms with E-state index in [1.807, 2.05) is 32.2 Å². The third kappa shape index (κ3) is 2.76. The Morgan fingerprint density at radius 1 is 1.33 bits per heavy atom. The highest BCUT2D eigenvalue weighted by Crippen LogP contribution is 2.26. The Labute approximate surface area is 110 Å². The van der Waals surface area contributed by atoms with Gasteiger partial charge in [0, 0.05) is 17.4 Å². The number of hydrogen-bond donors (Lipinski definition) is 1. The highest BCUT2D eigenvalue weighted by atomic mass is 32.1. The fourth-order valence-electron chi connectivity index (χ4n) is 2.15. The molecule has 96 valence electrons. The summed E-state index contributed by atoms with van der Waals surface area (Å²) in [5, 5.41) is 13.0. The second kappa shape index (κ2) is 5.16. The monoisotopic (exact) mass is 265 g/mol. The number of nitrogens with zero attached hydrogens (tertiary/aromatic N) is 1. The summed E-state index contributed by atoms with van der Waals surface area (Å²) < 4.78 is 13.9. The first kappa shape index (κ1) is 13.2. The molecule has 0 spiro atoms. The Morgan fingerprint density at radius 2 is 2.06 bits per heavy atom. The molecular weight excluding hydrogens is 249 g/mol. The lowest BCUT2D eigenvalue weighted by atomic mass is 9.97. The van der Waals surface area contributed by atoms with Crippen molar-refractivity contribution in [3.63, 3.8) is 0 Å². The van der Waals surface area contributed by atoms with Crippen LogP contribution in [0.4, 0.5) is 4.39 Å². The third-order valence-electron chi connectivity index (χ3n) is 2.88. The van der Waals surface area contributed by atoms with Crippen LogP contribution >= 0.6 is 11.3 Å². The van der Waals surface area contributed by atoms with Gasteiger partial charge in [0.25, 0.3) is 0 Å². The second-order valence-electron chi connectivity index (χ2n) is 4.56. The van der Waals surface area contributed by atoms with Gasteiger partial charge in [0.05, 0.1) is 16.8 Å². The van der Waals surface area contributed by atoms with Gasteiger partial charge in [-0.15, -0.1) is 11.3 Å². The maximum absolute atomic E-state index is 13.9. The summed E-state index contributed by atoms with van der Waals surface area (Å²) in [6, 6.07) is 3.34. The van der Waals surface area contributed by atoms with Crippen molar-refractivity contribution < 1.29 is 9.50 Å². The molecule has 0 aliphatic heterocycles. The number of aliphatic hydroxyl groups excluding tert-OH is 1. The van der Waals surface area contributed by atoms with E-state index >= 15 is 0 Å². The molecule has 1 unspecified atom stereocenters. The lowest BCUT2D eigenvalue weighted by molar-refractivity contribution is 0.172. The molecule has 1 heterocycles. The Hall–Kier alpha value is -1.26. The summed E-state index contributed by atoms with van der Waals surface area (Å²) in [4.78, 5) is 4.29. The van der Waals surface area contributed by atoms with Gasteiger partial charge >= 0.3 is 0 Å². The molecule has 0 amide bonds. The number of hydrogen-bond acceptors (Lipinski definition) is 3. The number of aromatic nitrogens is 1. The normalized spacial score (nSPS) is 12.7. The highest BCUT2D eigenvalue weighted by Gasteiger charge is 2.17. The van der Waals surface area contributed by atoms with Crippen LogP contribution in [-0.2, 0) is 6.42 Å². The van der Waals surface area contributed by atoms with Gasteiger partial charge in [-0.05, 0) is 38.0 Å². The molecule has 0 aliphatic carbocycles. The van der Waals surface area contributed by atoms with E-state index in [1.165, 1.54) is 17.4 Å². The van der Waals surface area contributed by atoms with Crippen LogP contribution < -0.4 is 0 Å². The Bertz CT molecular complexity index is 542. The molecule has 0 saturated heterocycles. The zero-order valence-electron chi connectivity index (χ0n) is 10.7. The van der Waals surface area contributed by atoms with Crippen molar-refractivity contribution in [1.82, 2.24) is 4.98 Å². The summed E-state index contributed by atoms with van der Waals surface area (Å²) >= 11 is 1.54. The van der Waals surface area contributed by atoms with Crippen molar-refractivity contribution in [1.29, 1.82) is 0 Å². The summed E-state index contributed by atoms with van der Waals surface area (Å²) in [6.45, 7) is 5.58. The van der Waals surface area contributed by atoms with Gasteiger partial charge in [0.1, 0.15) is 5.82 Å².